The molecule has 0 spiro atoms. The molecule has 134 valence electrons. The van der Waals surface area contributed by atoms with E-state index in [-0.39, 0.29) is 36.7 Å². The molecule has 0 N–H and O–H groups in total. The second-order valence-corrected chi connectivity index (χ2v) is 7.93. The Morgan fingerprint density at radius 1 is 0.615 bits per heavy atom. The number of benzene rings is 3. The molecule has 26 heavy (non-hydrogen) atoms. The summed E-state index contributed by atoms with van der Waals surface area (Å²) in [7, 11) is -0.205. The highest BCUT2D eigenvalue weighted by molar-refractivity contribution is 7.40. The van der Waals surface area contributed by atoms with Crippen LogP contribution in [0.5, 0.6) is 0 Å². The molecule has 0 saturated carbocycles. The highest BCUT2D eigenvalue weighted by Gasteiger charge is 2.46. The lowest BCUT2D eigenvalue weighted by Gasteiger charge is -2.31. The van der Waals surface area contributed by atoms with Gasteiger partial charge in [-0.1, -0.05) is 91.0 Å². The Kier molecular flexibility index (Phi) is 6.61. The lowest BCUT2D eigenvalue weighted by Crippen LogP contribution is -3.00. The molecular weight excluding hydrogens is 407 g/mol. The van der Waals surface area contributed by atoms with E-state index in [0.29, 0.717) is 13.2 Å². The lowest BCUT2D eigenvalue weighted by molar-refractivity contribution is -0.0000118. The fourth-order valence-corrected chi connectivity index (χ4v) is 5.60. The Morgan fingerprint density at radius 3 is 1.31 bits per heavy atom. The van der Waals surface area contributed by atoms with E-state index in [1.807, 2.05) is 0 Å². The smallest absolute Gasteiger partial charge is 0.270 e. The monoisotopic (exact) mass is 428 g/mol. The molecule has 4 rings (SSSR count). The van der Waals surface area contributed by atoms with E-state index in [4.69, 9.17) is 9.47 Å². The van der Waals surface area contributed by atoms with Gasteiger partial charge in [0.1, 0.15) is 0 Å². The highest BCUT2D eigenvalue weighted by Crippen LogP contribution is 2.55. The first-order chi connectivity index (χ1) is 12.4. The van der Waals surface area contributed by atoms with E-state index in [2.05, 4.69) is 91.0 Å². The molecule has 1 atom stereocenters. The van der Waals surface area contributed by atoms with Crippen LogP contribution in [0.15, 0.2) is 91.0 Å². The van der Waals surface area contributed by atoms with Crippen LogP contribution in [0.3, 0.4) is 0 Å². The zero-order valence-corrected chi connectivity index (χ0v) is 17.2. The Balaban J connectivity index is 0.00000196. The topological polar surface area (TPSA) is 18.5 Å². The van der Waals surface area contributed by atoms with Gasteiger partial charge >= 0.3 is 0 Å². The summed E-state index contributed by atoms with van der Waals surface area (Å²) in [6, 6.07) is 32.2. The summed E-state index contributed by atoms with van der Waals surface area (Å²) in [5.74, 6) is 0. The van der Waals surface area contributed by atoms with Crippen LogP contribution in [-0.2, 0) is 14.6 Å². The number of rotatable bonds is 5. The normalized spacial score (nSPS) is 15.2. The second-order valence-electron chi connectivity index (χ2n) is 6.18. The largest absolute Gasteiger partial charge is 1.00 e. The minimum atomic E-state index is -0.223. The van der Waals surface area contributed by atoms with E-state index in [0.717, 1.165) is 0 Å². The van der Waals surface area contributed by atoms with E-state index >= 15 is 0 Å². The molecule has 1 aliphatic rings. The van der Waals surface area contributed by atoms with Crippen LogP contribution in [0.1, 0.15) is 16.7 Å². The van der Waals surface area contributed by atoms with Crippen LogP contribution in [0.4, 0.5) is 0 Å². The van der Waals surface area contributed by atoms with Gasteiger partial charge in [-0.25, -0.2) is 0 Å². The molecule has 1 heterocycles. The predicted molar refractivity (Wildman–Crippen MR) is 105 cm³/mol. The Hall–Kier alpha value is -1.51. The molecule has 1 unspecified atom stereocenters. The molecule has 4 heteroatoms. The molecule has 1 fully saturated rings. The van der Waals surface area contributed by atoms with Crippen molar-refractivity contribution in [1.82, 2.24) is 0 Å². The van der Waals surface area contributed by atoms with Crippen molar-refractivity contribution in [2.75, 3.05) is 13.2 Å². The minimum Gasteiger partial charge on any atom is -1.00 e. The SMILES string of the molecule is [Br-].c1ccc(C([PH2+]C2OCCO2)(c2ccccc2)c2ccccc2)cc1. The molecule has 0 amide bonds. The van der Waals surface area contributed by atoms with Gasteiger partial charge in [-0.2, -0.15) is 0 Å². The van der Waals surface area contributed by atoms with Crippen LogP contribution in [0, 0.1) is 0 Å². The van der Waals surface area contributed by atoms with Gasteiger partial charge in [0.15, 0.2) is 5.16 Å². The van der Waals surface area contributed by atoms with Crippen LogP contribution in [-0.4, -0.2) is 19.2 Å². The minimum absolute atomic E-state index is 0. The van der Waals surface area contributed by atoms with Gasteiger partial charge in [0, 0.05) is 16.7 Å². The summed E-state index contributed by atoms with van der Waals surface area (Å²) in [5, 5.41) is -0.223. The third kappa shape index (κ3) is 3.77. The van der Waals surface area contributed by atoms with Crippen LogP contribution >= 0.6 is 8.58 Å². The average molecular weight is 429 g/mol. The van der Waals surface area contributed by atoms with E-state index < -0.39 is 0 Å². The zero-order chi connectivity index (χ0) is 17.0. The summed E-state index contributed by atoms with van der Waals surface area (Å²) in [6.45, 7) is 1.37. The van der Waals surface area contributed by atoms with E-state index in [1.54, 1.807) is 0 Å². The zero-order valence-electron chi connectivity index (χ0n) is 14.4. The fourth-order valence-electron chi connectivity index (χ4n) is 3.57. The lowest BCUT2D eigenvalue weighted by atomic mass is 9.84. The molecule has 1 aliphatic heterocycles. The van der Waals surface area contributed by atoms with Gasteiger partial charge in [-0.3, -0.25) is 0 Å². The number of hydrogen-bond donors (Lipinski definition) is 0. The fraction of sp³-hybridized carbons (Fsp3) is 0.182. The van der Waals surface area contributed by atoms with Crippen molar-refractivity contribution >= 4 is 8.58 Å². The molecule has 3 aromatic carbocycles. The third-order valence-electron chi connectivity index (χ3n) is 4.72. The van der Waals surface area contributed by atoms with Crippen molar-refractivity contribution in [1.29, 1.82) is 0 Å². The summed E-state index contributed by atoms with van der Waals surface area (Å²) in [6.07, 6.45) is 0. The second kappa shape index (κ2) is 8.92. The predicted octanol–water partition coefficient (Wildman–Crippen LogP) is 1.72. The summed E-state index contributed by atoms with van der Waals surface area (Å²) in [4.78, 5) is 0. The van der Waals surface area contributed by atoms with Crippen LogP contribution < -0.4 is 17.0 Å². The Morgan fingerprint density at radius 2 is 0.962 bits per heavy atom. The third-order valence-corrected chi connectivity index (χ3v) is 6.88. The first-order valence-electron chi connectivity index (χ1n) is 8.65. The number of ether oxygens (including phenoxy) is 2. The van der Waals surface area contributed by atoms with Crippen molar-refractivity contribution in [3.63, 3.8) is 0 Å². The Labute approximate surface area is 167 Å². The maximum absolute atomic E-state index is 5.89. The van der Waals surface area contributed by atoms with Crippen molar-refractivity contribution in [3.05, 3.63) is 108 Å². The molecule has 0 aliphatic carbocycles. The van der Waals surface area contributed by atoms with Gasteiger partial charge in [0.25, 0.3) is 6.03 Å². The van der Waals surface area contributed by atoms with Crippen molar-refractivity contribution in [3.8, 4) is 0 Å². The van der Waals surface area contributed by atoms with Crippen molar-refractivity contribution < 1.29 is 26.5 Å². The summed E-state index contributed by atoms with van der Waals surface area (Å²) in [5.41, 5.74) is 3.88. The number of hydrogen-bond acceptors (Lipinski definition) is 2. The molecule has 3 aromatic rings. The first kappa shape index (κ1) is 19.3. The Bertz CT molecular complexity index is 693. The standard InChI is InChI=1S/C22H21O2P.BrH/c1-4-10-18(11-5-1)22(19-12-6-2-7-13-19,20-14-8-3-9-15-20)25-21-23-16-17-24-21;/h1-15,21,25H,16-17H2;1H. The van der Waals surface area contributed by atoms with Gasteiger partial charge < -0.3 is 26.5 Å². The molecule has 2 nitrogen and oxygen atoms in total. The van der Waals surface area contributed by atoms with Gasteiger partial charge in [-0.15, -0.1) is 0 Å². The summed E-state index contributed by atoms with van der Waals surface area (Å²) < 4.78 is 11.8. The van der Waals surface area contributed by atoms with Gasteiger partial charge in [0.2, 0.25) is 0 Å². The molecule has 0 aromatic heterocycles. The average Bonchev–Trinajstić information content (AvgIpc) is 3.21. The molecule has 0 radical (unpaired) electrons. The quantitative estimate of drug-likeness (QED) is 0.455. The maximum Gasteiger partial charge on any atom is 0.270 e. The maximum atomic E-state index is 5.89. The summed E-state index contributed by atoms with van der Waals surface area (Å²) >= 11 is 0. The van der Waals surface area contributed by atoms with Crippen molar-refractivity contribution in [2.24, 2.45) is 0 Å². The van der Waals surface area contributed by atoms with E-state index in [1.165, 1.54) is 16.7 Å². The van der Waals surface area contributed by atoms with Gasteiger partial charge in [-0.05, 0) is 0 Å². The van der Waals surface area contributed by atoms with Crippen molar-refractivity contribution in [2.45, 2.75) is 11.2 Å². The first-order valence-corrected chi connectivity index (χ1v) is 9.90. The number of halogens is 1. The molecule has 1 saturated heterocycles. The van der Waals surface area contributed by atoms with Crippen LogP contribution in [0.25, 0.3) is 0 Å². The highest BCUT2D eigenvalue weighted by atomic mass is 79.9. The molecule has 0 bridgehead atoms. The van der Waals surface area contributed by atoms with Gasteiger partial charge in [0.05, 0.1) is 21.8 Å². The molecular formula is C22H22BrO2P. The van der Waals surface area contributed by atoms with E-state index in [9.17, 15) is 0 Å². The van der Waals surface area contributed by atoms with Crippen LogP contribution in [0.2, 0.25) is 0 Å².